The summed E-state index contributed by atoms with van der Waals surface area (Å²) in [5.41, 5.74) is 1.09. The number of amides is 1. The van der Waals surface area contributed by atoms with Gasteiger partial charge in [-0.05, 0) is 25.1 Å². The van der Waals surface area contributed by atoms with E-state index in [-0.39, 0.29) is 24.4 Å². The number of halogens is 2. The maximum absolute atomic E-state index is 13.5. The number of nitrogens with one attached hydrogen (secondary N) is 1. The first-order chi connectivity index (χ1) is 14.3. The van der Waals surface area contributed by atoms with Crippen LogP contribution in [0.15, 0.2) is 35.5 Å². The number of rotatable bonds is 5. The standard InChI is InChI=1S/C19H16F2N6O2S/c1-10-16(11-3-4-13(20)14(21)7-11)25-19(30-10)24-15(28)5-6-27-9-22-17-12(18(27)29)8-23-26(17)2/h3-4,7-9H,5-6H2,1-2H3,(H,24,25,28). The van der Waals surface area contributed by atoms with E-state index in [9.17, 15) is 18.4 Å². The monoisotopic (exact) mass is 430 g/mol. The molecule has 8 nitrogen and oxygen atoms in total. The molecule has 0 saturated heterocycles. The van der Waals surface area contributed by atoms with Gasteiger partial charge in [0.1, 0.15) is 5.39 Å². The summed E-state index contributed by atoms with van der Waals surface area (Å²) in [5, 5.41) is 7.40. The summed E-state index contributed by atoms with van der Waals surface area (Å²) in [7, 11) is 1.69. The fourth-order valence-electron chi connectivity index (χ4n) is 2.99. The van der Waals surface area contributed by atoms with Crippen molar-refractivity contribution in [2.45, 2.75) is 19.9 Å². The molecule has 0 saturated carbocycles. The zero-order valence-corrected chi connectivity index (χ0v) is 16.8. The zero-order chi connectivity index (χ0) is 21.4. The molecular formula is C19H16F2N6O2S. The molecule has 0 atom stereocenters. The Morgan fingerprint density at radius 2 is 2.07 bits per heavy atom. The van der Waals surface area contributed by atoms with Crippen LogP contribution in [0.5, 0.6) is 0 Å². The number of carbonyl (C=O) groups is 1. The van der Waals surface area contributed by atoms with Crippen LogP contribution in [-0.4, -0.2) is 30.2 Å². The third-order valence-electron chi connectivity index (χ3n) is 4.53. The molecule has 1 amide bonds. The highest BCUT2D eigenvalue weighted by Gasteiger charge is 2.15. The highest BCUT2D eigenvalue weighted by Crippen LogP contribution is 2.31. The van der Waals surface area contributed by atoms with Gasteiger partial charge in [0.05, 0.1) is 18.2 Å². The maximum Gasteiger partial charge on any atom is 0.264 e. The Bertz CT molecular complexity index is 1330. The first-order valence-electron chi connectivity index (χ1n) is 8.93. The normalized spacial score (nSPS) is 11.2. The minimum absolute atomic E-state index is 0.0342. The van der Waals surface area contributed by atoms with Gasteiger partial charge in [0, 0.05) is 30.5 Å². The zero-order valence-electron chi connectivity index (χ0n) is 16.0. The van der Waals surface area contributed by atoms with Crippen molar-refractivity contribution in [3.63, 3.8) is 0 Å². The number of hydrogen-bond acceptors (Lipinski definition) is 6. The van der Waals surface area contributed by atoms with Crippen molar-refractivity contribution in [2.24, 2.45) is 7.05 Å². The predicted octanol–water partition coefficient (Wildman–Crippen LogP) is 2.87. The van der Waals surface area contributed by atoms with Gasteiger partial charge in [-0.1, -0.05) is 0 Å². The molecule has 4 rings (SSSR count). The van der Waals surface area contributed by atoms with Crippen molar-refractivity contribution in [1.82, 2.24) is 24.3 Å². The topological polar surface area (TPSA) is 94.7 Å². The third kappa shape index (κ3) is 3.71. The molecule has 154 valence electrons. The van der Waals surface area contributed by atoms with E-state index in [4.69, 9.17) is 0 Å². The van der Waals surface area contributed by atoms with Crippen LogP contribution < -0.4 is 10.9 Å². The number of aryl methyl sites for hydroxylation is 3. The van der Waals surface area contributed by atoms with Crippen LogP contribution in [0.25, 0.3) is 22.3 Å². The molecule has 11 heteroatoms. The van der Waals surface area contributed by atoms with Gasteiger partial charge in [0.25, 0.3) is 5.56 Å². The average Bonchev–Trinajstić information content (AvgIpc) is 3.26. The fourth-order valence-corrected chi connectivity index (χ4v) is 3.84. The van der Waals surface area contributed by atoms with Crippen LogP contribution in [0.1, 0.15) is 11.3 Å². The van der Waals surface area contributed by atoms with Crippen molar-refractivity contribution in [3.05, 3.63) is 57.6 Å². The lowest BCUT2D eigenvalue weighted by Gasteiger charge is -2.05. The molecule has 0 bridgehead atoms. The van der Waals surface area contributed by atoms with Gasteiger partial charge < -0.3 is 5.32 Å². The van der Waals surface area contributed by atoms with E-state index in [0.29, 0.717) is 27.4 Å². The van der Waals surface area contributed by atoms with E-state index < -0.39 is 11.6 Å². The van der Waals surface area contributed by atoms with Crippen LogP contribution in [0.4, 0.5) is 13.9 Å². The van der Waals surface area contributed by atoms with Crippen molar-refractivity contribution in [1.29, 1.82) is 0 Å². The summed E-state index contributed by atoms with van der Waals surface area (Å²) in [4.78, 5) is 34.0. The Morgan fingerprint density at radius 3 is 2.83 bits per heavy atom. The molecule has 3 aromatic heterocycles. The van der Waals surface area contributed by atoms with Crippen LogP contribution in [0, 0.1) is 18.6 Å². The predicted molar refractivity (Wildman–Crippen MR) is 108 cm³/mol. The van der Waals surface area contributed by atoms with Gasteiger partial charge in [-0.2, -0.15) is 5.10 Å². The van der Waals surface area contributed by atoms with Crippen LogP contribution in [0.2, 0.25) is 0 Å². The van der Waals surface area contributed by atoms with Crippen molar-refractivity contribution in [2.75, 3.05) is 5.32 Å². The molecule has 0 aliphatic heterocycles. The quantitative estimate of drug-likeness (QED) is 0.525. The summed E-state index contributed by atoms with van der Waals surface area (Å²) in [5.74, 6) is -2.23. The molecule has 0 unspecified atom stereocenters. The number of carbonyl (C=O) groups excluding carboxylic acids is 1. The first-order valence-corrected chi connectivity index (χ1v) is 9.75. The second-order valence-corrected chi connectivity index (χ2v) is 7.80. The molecule has 3 heterocycles. The smallest absolute Gasteiger partial charge is 0.264 e. The average molecular weight is 430 g/mol. The molecule has 0 spiro atoms. The Morgan fingerprint density at radius 1 is 1.27 bits per heavy atom. The minimum Gasteiger partial charge on any atom is -0.302 e. The van der Waals surface area contributed by atoms with Gasteiger partial charge >= 0.3 is 0 Å². The molecule has 0 radical (unpaired) electrons. The van der Waals surface area contributed by atoms with E-state index >= 15 is 0 Å². The molecule has 30 heavy (non-hydrogen) atoms. The largest absolute Gasteiger partial charge is 0.302 e. The lowest BCUT2D eigenvalue weighted by molar-refractivity contribution is -0.116. The van der Waals surface area contributed by atoms with Gasteiger partial charge in [-0.3, -0.25) is 18.8 Å². The van der Waals surface area contributed by atoms with Crippen LogP contribution >= 0.6 is 11.3 Å². The lowest BCUT2D eigenvalue weighted by atomic mass is 10.1. The summed E-state index contributed by atoms with van der Waals surface area (Å²) in [6.45, 7) is 1.92. The van der Waals surface area contributed by atoms with Crippen molar-refractivity contribution in [3.8, 4) is 11.3 Å². The van der Waals surface area contributed by atoms with Gasteiger partial charge in [-0.15, -0.1) is 11.3 Å². The van der Waals surface area contributed by atoms with Gasteiger partial charge in [0.15, 0.2) is 22.4 Å². The number of benzene rings is 1. The Balaban J connectivity index is 1.45. The van der Waals surface area contributed by atoms with E-state index in [1.165, 1.54) is 39.2 Å². The Hall–Kier alpha value is -3.47. The first kappa shape index (κ1) is 19.8. The summed E-state index contributed by atoms with van der Waals surface area (Å²) in [6, 6.07) is 3.53. The van der Waals surface area contributed by atoms with E-state index in [0.717, 1.165) is 17.0 Å². The fraction of sp³-hybridized carbons (Fsp3) is 0.211. The van der Waals surface area contributed by atoms with Gasteiger partial charge in [-0.25, -0.2) is 18.7 Å². The lowest BCUT2D eigenvalue weighted by Crippen LogP contribution is -2.23. The summed E-state index contributed by atoms with van der Waals surface area (Å²) >= 11 is 1.23. The Labute approximate surface area is 172 Å². The van der Waals surface area contributed by atoms with Crippen molar-refractivity contribution < 1.29 is 13.6 Å². The second kappa shape index (κ2) is 7.75. The van der Waals surface area contributed by atoms with E-state index in [1.54, 1.807) is 14.0 Å². The maximum atomic E-state index is 13.5. The number of fused-ring (bicyclic) bond motifs is 1. The highest BCUT2D eigenvalue weighted by atomic mass is 32.1. The van der Waals surface area contributed by atoms with Gasteiger partial charge in [0.2, 0.25) is 5.91 Å². The molecule has 0 aliphatic carbocycles. The summed E-state index contributed by atoms with van der Waals surface area (Å²) < 4.78 is 29.5. The molecule has 1 N–H and O–H groups in total. The van der Waals surface area contributed by atoms with E-state index in [2.05, 4.69) is 20.4 Å². The number of aromatic nitrogens is 5. The highest BCUT2D eigenvalue weighted by molar-refractivity contribution is 7.16. The Kier molecular flexibility index (Phi) is 5.12. The van der Waals surface area contributed by atoms with E-state index in [1.807, 2.05) is 0 Å². The van der Waals surface area contributed by atoms with Crippen molar-refractivity contribution >= 4 is 33.4 Å². The molecule has 0 aliphatic rings. The summed E-state index contributed by atoms with van der Waals surface area (Å²) in [6.07, 6.45) is 2.86. The van der Waals surface area contributed by atoms with Crippen LogP contribution in [0.3, 0.4) is 0 Å². The number of nitrogens with zero attached hydrogens (tertiary/aromatic N) is 5. The minimum atomic E-state index is -0.963. The number of hydrogen-bond donors (Lipinski definition) is 1. The third-order valence-corrected chi connectivity index (χ3v) is 5.42. The molecular weight excluding hydrogens is 414 g/mol. The molecule has 1 aromatic carbocycles. The number of thiazole rings is 1. The molecule has 4 aromatic rings. The second-order valence-electron chi connectivity index (χ2n) is 6.60. The van der Waals surface area contributed by atoms with Crippen LogP contribution in [-0.2, 0) is 18.4 Å². The SMILES string of the molecule is Cc1sc(NC(=O)CCn2cnc3c(cnn3C)c2=O)nc1-c1ccc(F)c(F)c1. The number of anilines is 1. The molecule has 0 fully saturated rings.